The molecule has 14 heteroatoms. The molecule has 2 N–H and O–H groups in total. The van der Waals surface area contributed by atoms with E-state index in [1.54, 1.807) is 0 Å². The van der Waals surface area contributed by atoms with E-state index in [0.29, 0.717) is 6.08 Å². The largest absolute Gasteiger partial charge is 0.475 e. The Hall–Kier alpha value is -2.06. The average Bonchev–Trinajstić information content (AvgIpc) is 2.56. The van der Waals surface area contributed by atoms with Gasteiger partial charge in [-0.25, -0.2) is 10.7 Å². The molecule has 1 aromatic rings. The topological polar surface area (TPSA) is 70.8 Å². The molecule has 166 valence electrons. The first kappa shape index (κ1) is 23.2. The summed E-state index contributed by atoms with van der Waals surface area (Å²) in [5, 5.41) is 0. The van der Waals surface area contributed by atoms with Crippen molar-refractivity contribution < 1.29 is 51.7 Å². The molecule has 2 atom stereocenters. The van der Waals surface area contributed by atoms with Crippen molar-refractivity contribution in [1.82, 2.24) is 0 Å². The summed E-state index contributed by atoms with van der Waals surface area (Å²) >= 11 is 0. The second kappa shape index (κ2) is 6.47. The number of halogens is 8. The van der Waals surface area contributed by atoms with Gasteiger partial charge in [-0.05, 0) is 37.1 Å². The first-order valence-electron chi connectivity index (χ1n) is 7.80. The molecule has 0 saturated heterocycles. The van der Waals surface area contributed by atoms with Crippen molar-refractivity contribution in [3.05, 3.63) is 28.8 Å². The van der Waals surface area contributed by atoms with E-state index in [2.05, 4.69) is 9.57 Å². The maximum atomic E-state index is 13.4. The Balaban J connectivity index is 2.72. The standard InChI is InChI=1S/C15H15F8NO4S/c1-3-8-4-10(29(19,20,21,22)23)5-9-6-11(14(25)26-7(2)28-24)13(15(16,17)18)27-12(8)9/h4-7,13H,3,24H2,1-2H3. The highest BCUT2D eigenvalue weighted by Crippen LogP contribution is 3.02. The molecule has 1 aliphatic rings. The van der Waals surface area contributed by atoms with Gasteiger partial charge in [-0.1, -0.05) is 26.4 Å². The van der Waals surface area contributed by atoms with E-state index >= 15 is 0 Å². The summed E-state index contributed by atoms with van der Waals surface area (Å²) in [6.45, 7) is 2.30. The van der Waals surface area contributed by atoms with E-state index in [1.165, 1.54) is 6.92 Å². The molecule has 0 aromatic heterocycles. The van der Waals surface area contributed by atoms with Gasteiger partial charge in [-0.2, -0.15) is 13.2 Å². The predicted octanol–water partition coefficient (Wildman–Crippen LogP) is 5.39. The number of carbonyl (C=O) groups is 1. The Labute approximate surface area is 159 Å². The van der Waals surface area contributed by atoms with E-state index in [-0.39, 0.29) is 18.6 Å². The lowest BCUT2D eigenvalue weighted by Crippen LogP contribution is -2.41. The van der Waals surface area contributed by atoms with Gasteiger partial charge < -0.3 is 9.47 Å². The number of ether oxygens (including phenoxy) is 2. The third-order valence-electron chi connectivity index (χ3n) is 3.82. The monoisotopic (exact) mass is 457 g/mol. The SMILES string of the molecule is CCc1cc(S(F)(F)(F)(F)F)cc2c1OC(C(F)(F)F)C(C(=O)OC(C)ON)=C2. The normalized spacial score (nSPS) is 20.5. The molecule has 5 nitrogen and oxygen atoms in total. The maximum absolute atomic E-state index is 13.4. The zero-order chi connectivity index (χ0) is 22.5. The maximum Gasteiger partial charge on any atom is 0.430 e. The van der Waals surface area contributed by atoms with Crippen LogP contribution in [-0.2, 0) is 20.8 Å². The van der Waals surface area contributed by atoms with Gasteiger partial charge in [-0.3, -0.25) is 4.84 Å². The van der Waals surface area contributed by atoms with Crippen LogP contribution in [0.15, 0.2) is 22.6 Å². The van der Waals surface area contributed by atoms with Crippen molar-refractivity contribution in [3.8, 4) is 5.75 Å². The summed E-state index contributed by atoms with van der Waals surface area (Å²) in [5.41, 5.74) is -2.57. The second-order valence-corrected chi connectivity index (χ2v) is 8.48. The molecule has 0 saturated carbocycles. The van der Waals surface area contributed by atoms with Gasteiger partial charge in [0.15, 0.2) is 0 Å². The van der Waals surface area contributed by atoms with Crippen LogP contribution in [0.2, 0.25) is 0 Å². The Morgan fingerprint density at radius 2 is 1.83 bits per heavy atom. The molecule has 0 bridgehead atoms. The van der Waals surface area contributed by atoms with Crippen molar-refractivity contribution in [2.45, 2.75) is 43.7 Å². The van der Waals surface area contributed by atoms with Gasteiger partial charge in [-0.15, -0.1) is 0 Å². The van der Waals surface area contributed by atoms with Gasteiger partial charge in [0.05, 0.1) is 5.57 Å². The van der Waals surface area contributed by atoms with Crippen LogP contribution in [0, 0.1) is 0 Å². The second-order valence-electron chi connectivity index (χ2n) is 6.07. The zero-order valence-corrected chi connectivity index (χ0v) is 15.6. The fourth-order valence-corrected chi connectivity index (χ4v) is 3.21. The summed E-state index contributed by atoms with van der Waals surface area (Å²) < 4.78 is 115. The zero-order valence-electron chi connectivity index (χ0n) is 14.7. The third kappa shape index (κ3) is 5.11. The summed E-state index contributed by atoms with van der Waals surface area (Å²) in [6.07, 6.45) is -9.54. The van der Waals surface area contributed by atoms with Crippen molar-refractivity contribution >= 4 is 22.3 Å². The number of aryl methyl sites for hydroxylation is 1. The van der Waals surface area contributed by atoms with Crippen LogP contribution in [0.4, 0.5) is 32.6 Å². The Bertz CT molecular complexity index is 866. The van der Waals surface area contributed by atoms with E-state index < -0.39 is 62.1 Å². The molecule has 29 heavy (non-hydrogen) atoms. The number of fused-ring (bicyclic) bond motifs is 1. The van der Waals surface area contributed by atoms with Crippen LogP contribution in [0.3, 0.4) is 0 Å². The number of rotatable bonds is 5. The van der Waals surface area contributed by atoms with E-state index in [4.69, 9.17) is 10.6 Å². The fraction of sp³-hybridized carbons (Fsp3) is 0.400. The molecule has 0 aliphatic carbocycles. The number of hydrogen-bond acceptors (Lipinski definition) is 5. The molecule has 1 heterocycles. The number of nitrogens with two attached hydrogens (primary N) is 1. The molecule has 1 aliphatic heterocycles. The quantitative estimate of drug-likeness (QED) is 0.278. The number of benzene rings is 1. The molecular formula is C15H15F8NO4S. The van der Waals surface area contributed by atoms with Gasteiger partial charge in [0, 0.05) is 5.56 Å². The smallest absolute Gasteiger partial charge is 0.430 e. The molecule has 0 radical (unpaired) electrons. The first-order valence-corrected chi connectivity index (χ1v) is 9.75. The lowest BCUT2D eigenvalue weighted by Gasteiger charge is -2.41. The van der Waals surface area contributed by atoms with Crippen molar-refractivity contribution in [2.24, 2.45) is 5.90 Å². The minimum atomic E-state index is -10.2. The van der Waals surface area contributed by atoms with Crippen molar-refractivity contribution in [1.29, 1.82) is 0 Å². The number of alkyl halides is 3. The van der Waals surface area contributed by atoms with Crippen LogP contribution < -0.4 is 10.6 Å². The van der Waals surface area contributed by atoms with Crippen LogP contribution in [0.1, 0.15) is 25.0 Å². The van der Waals surface area contributed by atoms with Gasteiger partial charge >= 0.3 is 22.4 Å². The van der Waals surface area contributed by atoms with Crippen LogP contribution >= 0.6 is 10.2 Å². The molecule has 0 spiro atoms. The number of carbonyl (C=O) groups excluding carboxylic acids is 1. The molecule has 0 amide bonds. The fourth-order valence-electron chi connectivity index (χ4n) is 2.50. The van der Waals surface area contributed by atoms with Crippen molar-refractivity contribution in [3.63, 3.8) is 0 Å². The lowest BCUT2D eigenvalue weighted by molar-refractivity contribution is -0.194. The van der Waals surface area contributed by atoms with Gasteiger partial charge in [0.2, 0.25) is 12.4 Å². The molecule has 0 fully saturated rings. The Morgan fingerprint density at radius 1 is 1.24 bits per heavy atom. The van der Waals surface area contributed by atoms with E-state index in [1.807, 2.05) is 0 Å². The molecule has 1 aromatic carbocycles. The van der Waals surface area contributed by atoms with E-state index in [9.17, 15) is 37.4 Å². The van der Waals surface area contributed by atoms with Crippen molar-refractivity contribution in [2.75, 3.05) is 0 Å². The highest BCUT2D eigenvalue weighted by molar-refractivity contribution is 8.45. The minimum absolute atomic E-state index is 0.0370. The van der Waals surface area contributed by atoms with Crippen LogP contribution in [-0.4, -0.2) is 24.5 Å². The molecule has 2 rings (SSSR count). The molecular weight excluding hydrogens is 442 g/mol. The summed E-state index contributed by atoms with van der Waals surface area (Å²) in [6, 6.07) is -0.0336. The molecule has 2 unspecified atom stereocenters. The van der Waals surface area contributed by atoms with Crippen LogP contribution in [0.5, 0.6) is 5.75 Å². The van der Waals surface area contributed by atoms with Gasteiger partial charge in [0.1, 0.15) is 10.6 Å². The van der Waals surface area contributed by atoms with Crippen LogP contribution in [0.25, 0.3) is 6.08 Å². The number of esters is 1. The lowest BCUT2D eigenvalue weighted by atomic mass is 9.98. The summed E-state index contributed by atoms with van der Waals surface area (Å²) in [7, 11) is -10.2. The average molecular weight is 457 g/mol. The highest BCUT2D eigenvalue weighted by Gasteiger charge is 2.65. The Morgan fingerprint density at radius 3 is 2.28 bits per heavy atom. The Kier molecular flexibility index (Phi) is 5.18. The number of hydrogen-bond donors (Lipinski definition) is 1. The third-order valence-corrected chi connectivity index (χ3v) is 4.95. The van der Waals surface area contributed by atoms with Gasteiger partial charge in [0.25, 0.3) is 0 Å². The van der Waals surface area contributed by atoms with E-state index in [0.717, 1.165) is 6.92 Å². The minimum Gasteiger partial charge on any atom is -0.475 e. The summed E-state index contributed by atoms with van der Waals surface area (Å²) in [4.78, 5) is 13.8. The highest BCUT2D eigenvalue weighted by atomic mass is 32.5. The summed E-state index contributed by atoms with van der Waals surface area (Å²) in [5.74, 6) is 2.37. The predicted molar refractivity (Wildman–Crippen MR) is 86.5 cm³/mol. The first-order chi connectivity index (χ1) is 12.9.